The minimum absolute atomic E-state index is 0.145. The lowest BCUT2D eigenvalue weighted by atomic mass is 10.1. The zero-order valence-electron chi connectivity index (χ0n) is 16.9. The Morgan fingerprint density at radius 1 is 1.07 bits per heavy atom. The molecule has 1 amide bonds. The number of hydrogen-bond acceptors (Lipinski definition) is 2. The van der Waals surface area contributed by atoms with Gasteiger partial charge in [-0.05, 0) is 18.1 Å². The molecule has 0 aliphatic heterocycles. The predicted molar refractivity (Wildman–Crippen MR) is 118 cm³/mol. The maximum atomic E-state index is 12.1. The van der Waals surface area contributed by atoms with E-state index in [0.29, 0.717) is 31.5 Å². The van der Waals surface area contributed by atoms with Crippen LogP contribution < -0.4 is 5.32 Å². The van der Waals surface area contributed by atoms with E-state index in [-0.39, 0.29) is 5.91 Å². The van der Waals surface area contributed by atoms with Crippen LogP contribution in [0.1, 0.15) is 35.3 Å². The number of nitrogens with zero attached hydrogens (tertiary/aromatic N) is 2. The molecule has 0 fully saturated rings. The maximum absolute atomic E-state index is 12.1. The van der Waals surface area contributed by atoms with Gasteiger partial charge < -0.3 is 9.88 Å². The van der Waals surface area contributed by atoms with E-state index in [1.165, 1.54) is 11.1 Å². The molecule has 4 nitrogen and oxygen atoms in total. The molecule has 2 aromatic carbocycles. The molecule has 1 aromatic heterocycles. The summed E-state index contributed by atoms with van der Waals surface area (Å²) >= 11 is 0. The lowest BCUT2D eigenvalue weighted by molar-refractivity contribution is -0.117. The highest BCUT2D eigenvalue weighted by Crippen LogP contribution is 2.19. The first-order chi connectivity index (χ1) is 14.1. The van der Waals surface area contributed by atoms with Crippen LogP contribution in [0.2, 0.25) is 0 Å². The van der Waals surface area contributed by atoms with Gasteiger partial charge in [0.05, 0.1) is 17.9 Å². The number of carbonyl (C=O) groups excluding carboxylic acids is 1. The van der Waals surface area contributed by atoms with Gasteiger partial charge in [0.1, 0.15) is 5.82 Å². The third-order valence-corrected chi connectivity index (χ3v) is 4.76. The van der Waals surface area contributed by atoms with Gasteiger partial charge in [-0.2, -0.15) is 0 Å². The second-order valence-corrected chi connectivity index (χ2v) is 7.11. The quantitative estimate of drug-likeness (QED) is 0.437. The van der Waals surface area contributed by atoms with Crippen molar-refractivity contribution in [3.8, 4) is 0 Å². The number of rotatable bonds is 9. The van der Waals surface area contributed by atoms with Crippen molar-refractivity contribution in [1.29, 1.82) is 0 Å². The van der Waals surface area contributed by atoms with E-state index < -0.39 is 0 Å². The van der Waals surface area contributed by atoms with Crippen molar-refractivity contribution in [2.45, 2.75) is 32.9 Å². The van der Waals surface area contributed by atoms with Gasteiger partial charge in [-0.1, -0.05) is 73.3 Å². The van der Waals surface area contributed by atoms with Crippen LogP contribution in [0.25, 0.3) is 0 Å². The van der Waals surface area contributed by atoms with Crippen molar-refractivity contribution in [2.24, 2.45) is 0 Å². The van der Waals surface area contributed by atoms with Crippen molar-refractivity contribution >= 4 is 5.91 Å². The van der Waals surface area contributed by atoms with Crippen molar-refractivity contribution < 1.29 is 4.79 Å². The largest absolute Gasteiger partial charge is 0.347 e. The first kappa shape index (κ1) is 20.3. The Balaban J connectivity index is 2.00. The lowest BCUT2D eigenvalue weighted by Gasteiger charge is -2.14. The van der Waals surface area contributed by atoms with Crippen molar-refractivity contribution in [3.05, 3.63) is 114 Å². The zero-order chi connectivity index (χ0) is 20.6. The molecule has 3 rings (SSSR count). The molecule has 0 bridgehead atoms. The fourth-order valence-corrected chi connectivity index (χ4v) is 3.27. The summed E-state index contributed by atoms with van der Waals surface area (Å²) < 4.78 is 2.20. The van der Waals surface area contributed by atoms with Gasteiger partial charge in [0.15, 0.2) is 0 Å². The second kappa shape index (κ2) is 9.69. The van der Waals surface area contributed by atoms with E-state index in [4.69, 9.17) is 4.98 Å². The van der Waals surface area contributed by atoms with E-state index in [1.54, 1.807) is 6.92 Å². The SMILES string of the molecule is C=CCc1nc(Cc2ccccc2)c(CNC(=O)C(=C)C)n1Cc1ccccc1. The van der Waals surface area contributed by atoms with Gasteiger partial charge in [-0.3, -0.25) is 4.79 Å². The number of carbonyl (C=O) groups is 1. The third kappa shape index (κ3) is 5.32. The summed E-state index contributed by atoms with van der Waals surface area (Å²) in [7, 11) is 0. The molecule has 1 heterocycles. The summed E-state index contributed by atoms with van der Waals surface area (Å²) in [6.07, 6.45) is 3.25. The van der Waals surface area contributed by atoms with Crippen LogP contribution in [0, 0.1) is 0 Å². The van der Waals surface area contributed by atoms with Crippen molar-refractivity contribution in [3.63, 3.8) is 0 Å². The molecule has 4 heteroatoms. The van der Waals surface area contributed by atoms with E-state index in [1.807, 2.05) is 42.5 Å². The predicted octanol–water partition coefficient (Wildman–Crippen LogP) is 4.44. The van der Waals surface area contributed by atoms with E-state index >= 15 is 0 Å². The summed E-state index contributed by atoms with van der Waals surface area (Å²) in [5, 5.41) is 2.98. The number of nitrogens with one attached hydrogen (secondary N) is 1. The summed E-state index contributed by atoms with van der Waals surface area (Å²) in [5.41, 5.74) is 4.87. The molecule has 1 N–H and O–H groups in total. The fourth-order valence-electron chi connectivity index (χ4n) is 3.27. The van der Waals surface area contributed by atoms with Gasteiger partial charge >= 0.3 is 0 Å². The molecule has 3 aromatic rings. The maximum Gasteiger partial charge on any atom is 0.246 e. The van der Waals surface area contributed by atoms with Gasteiger partial charge in [-0.15, -0.1) is 6.58 Å². The summed E-state index contributed by atoms with van der Waals surface area (Å²) in [6, 6.07) is 20.5. The van der Waals surface area contributed by atoms with Gasteiger partial charge in [0.2, 0.25) is 5.91 Å². The minimum atomic E-state index is -0.145. The van der Waals surface area contributed by atoms with Gasteiger partial charge in [-0.25, -0.2) is 4.98 Å². The minimum Gasteiger partial charge on any atom is -0.347 e. The number of benzene rings is 2. The number of hydrogen-bond donors (Lipinski definition) is 1. The summed E-state index contributed by atoms with van der Waals surface area (Å²) in [4.78, 5) is 17.1. The Labute approximate surface area is 172 Å². The summed E-state index contributed by atoms with van der Waals surface area (Å²) in [5.74, 6) is 0.808. The van der Waals surface area contributed by atoms with Crippen LogP contribution in [-0.2, 0) is 30.7 Å². The molecule has 0 aliphatic carbocycles. The molecule has 0 saturated heterocycles. The molecule has 0 aliphatic rings. The van der Waals surface area contributed by atoms with Crippen LogP contribution in [0.5, 0.6) is 0 Å². The van der Waals surface area contributed by atoms with E-state index in [0.717, 1.165) is 17.2 Å². The highest BCUT2D eigenvalue weighted by atomic mass is 16.1. The highest BCUT2D eigenvalue weighted by Gasteiger charge is 2.18. The summed E-state index contributed by atoms with van der Waals surface area (Å²) in [6.45, 7) is 10.4. The normalized spacial score (nSPS) is 10.5. The first-order valence-electron chi connectivity index (χ1n) is 9.78. The van der Waals surface area contributed by atoms with E-state index in [9.17, 15) is 4.79 Å². The molecule has 148 valence electrons. The van der Waals surface area contributed by atoms with Crippen LogP contribution in [0.15, 0.2) is 85.5 Å². The second-order valence-electron chi connectivity index (χ2n) is 7.11. The average molecular weight is 386 g/mol. The Hall–Kier alpha value is -3.40. The fraction of sp³-hybridized carbons (Fsp3) is 0.200. The molecule has 0 unspecified atom stereocenters. The van der Waals surface area contributed by atoms with Gasteiger partial charge in [0, 0.05) is 25.0 Å². The van der Waals surface area contributed by atoms with Crippen molar-refractivity contribution in [1.82, 2.24) is 14.9 Å². The molecular formula is C25H27N3O. The zero-order valence-corrected chi connectivity index (χ0v) is 16.9. The molecule has 0 spiro atoms. The average Bonchev–Trinajstić information content (AvgIpc) is 3.03. The Morgan fingerprint density at radius 3 is 2.28 bits per heavy atom. The molecule has 0 radical (unpaired) electrons. The van der Waals surface area contributed by atoms with Crippen molar-refractivity contribution in [2.75, 3.05) is 0 Å². The smallest absolute Gasteiger partial charge is 0.246 e. The Bertz CT molecular complexity index is 988. The van der Waals surface area contributed by atoms with Gasteiger partial charge in [0.25, 0.3) is 0 Å². The van der Waals surface area contributed by atoms with Crippen LogP contribution in [-0.4, -0.2) is 15.5 Å². The van der Waals surface area contributed by atoms with E-state index in [2.05, 4.69) is 47.3 Å². The molecule has 0 saturated carbocycles. The van der Waals surface area contributed by atoms with Crippen LogP contribution in [0.4, 0.5) is 0 Å². The number of aromatic nitrogens is 2. The third-order valence-electron chi connectivity index (χ3n) is 4.76. The molecule has 0 atom stereocenters. The van der Waals surface area contributed by atoms with Crippen LogP contribution in [0.3, 0.4) is 0 Å². The molecule has 29 heavy (non-hydrogen) atoms. The highest BCUT2D eigenvalue weighted by molar-refractivity contribution is 5.92. The standard InChI is InChI=1S/C25H27N3O/c1-4-11-24-27-22(16-20-12-7-5-8-13-20)23(17-26-25(29)19(2)3)28(24)18-21-14-9-6-10-15-21/h4-10,12-15H,1-2,11,16-18H2,3H3,(H,26,29). The first-order valence-corrected chi connectivity index (χ1v) is 9.78. The topological polar surface area (TPSA) is 46.9 Å². The molecular weight excluding hydrogens is 358 g/mol. The number of amides is 1. The monoisotopic (exact) mass is 385 g/mol. The Kier molecular flexibility index (Phi) is 6.80. The lowest BCUT2D eigenvalue weighted by Crippen LogP contribution is -2.25. The van der Waals surface area contributed by atoms with Crippen LogP contribution >= 0.6 is 0 Å². The number of imidazole rings is 1. The number of allylic oxidation sites excluding steroid dienone is 1. The Morgan fingerprint density at radius 2 is 1.69 bits per heavy atom.